The molecule has 1 aromatic carbocycles. The average molecular weight is 560 g/mol. The van der Waals surface area contributed by atoms with Gasteiger partial charge in [0.1, 0.15) is 5.82 Å². The molecule has 0 radical (unpaired) electrons. The molecule has 226 valence electrons. The number of rotatable bonds is 7. The van der Waals surface area contributed by atoms with E-state index in [4.69, 9.17) is 0 Å². The van der Waals surface area contributed by atoms with Gasteiger partial charge in [0.15, 0.2) is 0 Å². The van der Waals surface area contributed by atoms with Crippen LogP contribution in [0.4, 0.5) is 4.39 Å². The Balaban J connectivity index is 1.29. The van der Waals surface area contributed by atoms with Crippen LogP contribution >= 0.6 is 0 Å². The minimum absolute atomic E-state index is 0.00177. The molecule has 5 N–H and O–H groups in total. The Bertz CT molecular complexity index is 1060. The van der Waals surface area contributed by atoms with Crippen LogP contribution in [0.15, 0.2) is 24.3 Å². The summed E-state index contributed by atoms with van der Waals surface area (Å²) in [6.07, 6.45) is 4.86. The Kier molecular flexibility index (Phi) is 7.82. The monoisotopic (exact) mass is 559 g/mol. The fraction of sp³-hybridized carbons (Fsp3) is 0.824. The van der Waals surface area contributed by atoms with E-state index >= 15 is 0 Å². The molecular formula is C34H54FNO4. The Labute approximate surface area is 241 Å². The van der Waals surface area contributed by atoms with Crippen LogP contribution in [0.25, 0.3) is 0 Å². The summed E-state index contributed by atoms with van der Waals surface area (Å²) in [5.41, 5.74) is -0.437. The fourth-order valence-corrected chi connectivity index (χ4v) is 11.2. The normalized spacial score (nSPS) is 45.7. The van der Waals surface area contributed by atoms with E-state index in [0.29, 0.717) is 31.7 Å². The molecule has 1 aromatic rings. The molecule has 0 bridgehead atoms. The van der Waals surface area contributed by atoms with Crippen LogP contribution in [0, 0.1) is 51.1 Å². The Hall–Kier alpha value is -1.05. The highest BCUT2D eigenvalue weighted by Gasteiger charge is 2.72. The lowest BCUT2D eigenvalue weighted by molar-refractivity contribution is -0.263. The third kappa shape index (κ3) is 4.59. The second-order valence-corrected chi connectivity index (χ2v) is 15.8. The number of nitrogens with one attached hydrogen (secondary N) is 1. The smallest absolute Gasteiger partial charge is 0.123 e. The van der Waals surface area contributed by atoms with Gasteiger partial charge in [-0.3, -0.25) is 0 Å². The van der Waals surface area contributed by atoms with Crippen molar-refractivity contribution in [3.05, 3.63) is 35.6 Å². The lowest BCUT2D eigenvalue weighted by Crippen LogP contribution is -2.68. The van der Waals surface area contributed by atoms with Gasteiger partial charge >= 0.3 is 0 Å². The molecule has 0 saturated heterocycles. The van der Waals surface area contributed by atoms with E-state index in [1.807, 2.05) is 6.92 Å². The van der Waals surface area contributed by atoms with Gasteiger partial charge in [-0.1, -0.05) is 46.8 Å². The molecule has 5 rings (SSSR count). The summed E-state index contributed by atoms with van der Waals surface area (Å²) in [7, 11) is 0. The van der Waals surface area contributed by atoms with Crippen LogP contribution in [0.5, 0.6) is 0 Å². The highest BCUT2D eigenvalue weighted by Crippen LogP contribution is 2.75. The number of hydrogen-bond acceptors (Lipinski definition) is 5. The summed E-state index contributed by atoms with van der Waals surface area (Å²) in [6.45, 7) is 14.8. The minimum Gasteiger partial charge on any atom is -0.393 e. The SMILES string of the molecule is CC1(C)[C@@H](O)[C@H](O)C[C@]2(C)[C@H]3C[C@@H](O)[C@@H]4[C@@H]([C@@](C)(O)CCCNCc5ccc(F)cc5)CC[C@@]4(C)[C@]3(C)CC[C@@H]12. The van der Waals surface area contributed by atoms with Crippen LogP contribution in [0.3, 0.4) is 0 Å². The molecule has 4 aliphatic rings. The highest BCUT2D eigenvalue weighted by atomic mass is 19.1. The first-order chi connectivity index (χ1) is 18.6. The molecule has 11 atom stereocenters. The Morgan fingerprint density at radius 1 is 0.925 bits per heavy atom. The summed E-state index contributed by atoms with van der Waals surface area (Å²) in [4.78, 5) is 0. The Morgan fingerprint density at radius 2 is 1.57 bits per heavy atom. The second kappa shape index (κ2) is 10.3. The molecule has 0 heterocycles. The van der Waals surface area contributed by atoms with E-state index in [0.717, 1.165) is 44.2 Å². The van der Waals surface area contributed by atoms with Crippen molar-refractivity contribution < 1.29 is 24.8 Å². The molecule has 40 heavy (non-hydrogen) atoms. The summed E-state index contributed by atoms with van der Waals surface area (Å²) in [5.74, 6) is 0.420. The zero-order valence-corrected chi connectivity index (χ0v) is 25.6. The van der Waals surface area contributed by atoms with Crippen molar-refractivity contribution in [2.75, 3.05) is 6.54 Å². The first-order valence-corrected chi connectivity index (χ1v) is 15.8. The van der Waals surface area contributed by atoms with Gasteiger partial charge in [-0.05, 0) is 128 Å². The molecule has 5 nitrogen and oxygen atoms in total. The first-order valence-electron chi connectivity index (χ1n) is 15.8. The largest absolute Gasteiger partial charge is 0.393 e. The summed E-state index contributed by atoms with van der Waals surface area (Å²) >= 11 is 0. The number of hydrogen-bond donors (Lipinski definition) is 5. The molecule has 0 aliphatic heterocycles. The summed E-state index contributed by atoms with van der Waals surface area (Å²) in [6, 6.07) is 6.54. The zero-order chi connectivity index (χ0) is 29.3. The number of benzene rings is 1. The average Bonchev–Trinajstić information content (AvgIpc) is 3.26. The van der Waals surface area contributed by atoms with E-state index in [-0.39, 0.29) is 45.2 Å². The van der Waals surface area contributed by atoms with Crippen molar-refractivity contribution in [1.29, 1.82) is 0 Å². The van der Waals surface area contributed by atoms with Crippen molar-refractivity contribution in [2.45, 2.75) is 123 Å². The second-order valence-electron chi connectivity index (χ2n) is 15.8. The van der Waals surface area contributed by atoms with Crippen molar-refractivity contribution in [3.8, 4) is 0 Å². The Morgan fingerprint density at radius 3 is 2.25 bits per heavy atom. The fourth-order valence-electron chi connectivity index (χ4n) is 11.2. The molecule has 4 fully saturated rings. The third-order valence-corrected chi connectivity index (χ3v) is 13.4. The van der Waals surface area contributed by atoms with Crippen molar-refractivity contribution in [1.82, 2.24) is 5.32 Å². The van der Waals surface area contributed by atoms with Gasteiger partial charge in [-0.2, -0.15) is 0 Å². The van der Waals surface area contributed by atoms with Gasteiger partial charge < -0.3 is 25.7 Å². The zero-order valence-electron chi connectivity index (χ0n) is 25.6. The minimum atomic E-state index is -0.863. The lowest BCUT2D eigenvalue weighted by atomic mass is 9.35. The maximum atomic E-state index is 13.2. The quantitative estimate of drug-likeness (QED) is 0.287. The molecule has 4 aliphatic carbocycles. The lowest BCUT2D eigenvalue weighted by Gasteiger charge is -2.71. The van der Waals surface area contributed by atoms with E-state index < -0.39 is 23.9 Å². The number of aliphatic hydroxyl groups is 4. The molecule has 0 unspecified atom stereocenters. The van der Waals surface area contributed by atoms with E-state index in [1.54, 1.807) is 12.1 Å². The van der Waals surface area contributed by atoms with Gasteiger partial charge in [0.05, 0.1) is 23.9 Å². The molecule has 0 spiro atoms. The summed E-state index contributed by atoms with van der Waals surface area (Å²) in [5, 5.41) is 49.1. The first kappa shape index (κ1) is 30.4. The highest BCUT2D eigenvalue weighted by molar-refractivity contribution is 5.21. The standard InChI is InChI=1S/C34H54FNO4/c1-30(2)26-13-16-32(4)27(31(26,3)19-25(38)29(30)39)18-24(37)28-23(12-15-33(28,32)5)34(6,40)14-7-17-36-20-21-8-10-22(35)11-9-21/h8-11,23-29,36-40H,7,12-20H2,1-6H3/t23-,24+,25+,26-,27+,28-,29-,31-,32+,33+,34-/m0/s1. The van der Waals surface area contributed by atoms with Crippen LogP contribution in [0.1, 0.15) is 98.5 Å². The van der Waals surface area contributed by atoms with Gasteiger partial charge in [0, 0.05) is 6.54 Å². The van der Waals surface area contributed by atoms with Crippen molar-refractivity contribution in [2.24, 2.45) is 45.3 Å². The van der Waals surface area contributed by atoms with E-state index in [9.17, 15) is 24.8 Å². The molecule has 0 amide bonds. The van der Waals surface area contributed by atoms with Crippen LogP contribution < -0.4 is 5.32 Å². The van der Waals surface area contributed by atoms with E-state index in [2.05, 4.69) is 39.9 Å². The maximum absolute atomic E-state index is 13.2. The third-order valence-electron chi connectivity index (χ3n) is 13.4. The molecule has 6 heteroatoms. The van der Waals surface area contributed by atoms with E-state index in [1.165, 1.54) is 12.1 Å². The predicted octanol–water partition coefficient (Wildman–Crippen LogP) is 5.43. The van der Waals surface area contributed by atoms with Gasteiger partial charge in [-0.15, -0.1) is 0 Å². The van der Waals surface area contributed by atoms with Crippen LogP contribution in [-0.2, 0) is 6.54 Å². The molecular weight excluding hydrogens is 505 g/mol. The number of halogens is 1. The van der Waals surface area contributed by atoms with Gasteiger partial charge in [-0.25, -0.2) is 4.39 Å². The number of aliphatic hydroxyl groups excluding tert-OH is 3. The summed E-state index contributed by atoms with van der Waals surface area (Å²) < 4.78 is 13.2. The molecule has 0 aromatic heterocycles. The number of fused-ring (bicyclic) bond motifs is 5. The van der Waals surface area contributed by atoms with Crippen molar-refractivity contribution in [3.63, 3.8) is 0 Å². The topological polar surface area (TPSA) is 93.0 Å². The van der Waals surface area contributed by atoms with Gasteiger partial charge in [0.25, 0.3) is 0 Å². The van der Waals surface area contributed by atoms with Crippen LogP contribution in [0.2, 0.25) is 0 Å². The van der Waals surface area contributed by atoms with Crippen LogP contribution in [-0.4, -0.2) is 50.9 Å². The van der Waals surface area contributed by atoms with Gasteiger partial charge in [0.2, 0.25) is 0 Å². The maximum Gasteiger partial charge on any atom is 0.123 e. The predicted molar refractivity (Wildman–Crippen MR) is 156 cm³/mol. The molecule has 4 saturated carbocycles. The van der Waals surface area contributed by atoms with Crippen molar-refractivity contribution >= 4 is 0 Å².